The number of nitrogens with one attached hydrogen (secondary N) is 1. The fourth-order valence-corrected chi connectivity index (χ4v) is 2.93. The number of carbonyl (C=O) groups is 1. The number of furan rings is 1. The van der Waals surface area contributed by atoms with Crippen LogP contribution in [0.25, 0.3) is 11.3 Å². The molecule has 0 aliphatic heterocycles. The third-order valence-electron chi connectivity index (χ3n) is 3.75. The highest BCUT2D eigenvalue weighted by Gasteiger charge is 2.13. The predicted molar refractivity (Wildman–Crippen MR) is 107 cm³/mol. The highest BCUT2D eigenvalue weighted by molar-refractivity contribution is 9.10. The molecule has 0 fully saturated rings. The molecule has 3 aromatic rings. The number of halogens is 1. The number of hydrogen-bond acceptors (Lipinski definition) is 6. The van der Waals surface area contributed by atoms with Crippen molar-refractivity contribution in [1.29, 1.82) is 0 Å². The van der Waals surface area contributed by atoms with Crippen LogP contribution in [0.2, 0.25) is 0 Å². The number of methoxy groups -OCH3 is 1. The van der Waals surface area contributed by atoms with Crippen LogP contribution in [0.15, 0.2) is 68.6 Å². The smallest absolute Gasteiger partial charge is 0.271 e. The van der Waals surface area contributed by atoms with E-state index >= 15 is 0 Å². The monoisotopic (exact) mass is 443 g/mol. The second-order valence-electron chi connectivity index (χ2n) is 5.55. The van der Waals surface area contributed by atoms with Gasteiger partial charge in [0.1, 0.15) is 17.3 Å². The molecule has 9 heteroatoms. The molecule has 0 unspecified atom stereocenters. The number of nitrogens with zero attached hydrogens (tertiary/aromatic N) is 2. The molecule has 28 heavy (non-hydrogen) atoms. The first-order valence-corrected chi connectivity index (χ1v) is 8.79. The minimum Gasteiger partial charge on any atom is -0.497 e. The van der Waals surface area contributed by atoms with Gasteiger partial charge in [-0.05, 0) is 52.3 Å². The minimum atomic E-state index is -0.472. The van der Waals surface area contributed by atoms with Crippen molar-refractivity contribution in [2.24, 2.45) is 5.10 Å². The number of non-ortho nitro benzene ring substituents is 1. The first kappa shape index (κ1) is 19.3. The van der Waals surface area contributed by atoms with Crippen LogP contribution in [-0.2, 0) is 0 Å². The highest BCUT2D eigenvalue weighted by Crippen LogP contribution is 2.32. The predicted octanol–water partition coefficient (Wildman–Crippen LogP) is 4.39. The van der Waals surface area contributed by atoms with Gasteiger partial charge in [-0.2, -0.15) is 5.10 Å². The number of carbonyl (C=O) groups excluding carboxylic acids is 1. The Kier molecular flexibility index (Phi) is 5.85. The minimum absolute atomic E-state index is 0.0239. The highest BCUT2D eigenvalue weighted by atomic mass is 79.9. The molecular formula is C19H14BrN3O5. The van der Waals surface area contributed by atoms with Crippen molar-refractivity contribution >= 4 is 33.7 Å². The van der Waals surface area contributed by atoms with Gasteiger partial charge in [0.15, 0.2) is 0 Å². The van der Waals surface area contributed by atoms with Crippen LogP contribution in [0, 0.1) is 10.1 Å². The Labute approximate surface area is 168 Å². The topological polar surface area (TPSA) is 107 Å². The van der Waals surface area contributed by atoms with Crippen LogP contribution in [0.4, 0.5) is 5.69 Å². The molecule has 0 spiro atoms. The van der Waals surface area contributed by atoms with E-state index in [1.54, 1.807) is 42.5 Å². The molecule has 0 bridgehead atoms. The Morgan fingerprint density at radius 3 is 2.79 bits per heavy atom. The molecule has 2 aromatic carbocycles. The van der Waals surface area contributed by atoms with Crippen molar-refractivity contribution in [1.82, 2.24) is 5.43 Å². The molecule has 0 atom stereocenters. The first-order valence-electron chi connectivity index (χ1n) is 7.99. The fraction of sp³-hybridized carbons (Fsp3) is 0.0526. The summed E-state index contributed by atoms with van der Waals surface area (Å²) in [5, 5.41) is 14.7. The van der Waals surface area contributed by atoms with E-state index in [9.17, 15) is 14.9 Å². The number of rotatable bonds is 6. The SMILES string of the molecule is COc1cccc(C(=O)N/N=C/c2ccc(-c3ccc([N+](=O)[O-])cc3Br)o2)c1. The molecule has 0 radical (unpaired) electrons. The third kappa shape index (κ3) is 4.44. The summed E-state index contributed by atoms with van der Waals surface area (Å²) in [7, 11) is 1.52. The lowest BCUT2D eigenvalue weighted by Crippen LogP contribution is -2.17. The van der Waals surface area contributed by atoms with E-state index in [1.807, 2.05) is 0 Å². The van der Waals surface area contributed by atoms with E-state index in [4.69, 9.17) is 9.15 Å². The summed E-state index contributed by atoms with van der Waals surface area (Å²) in [5.74, 6) is 1.09. The van der Waals surface area contributed by atoms with Gasteiger partial charge >= 0.3 is 0 Å². The number of hydrogen-bond donors (Lipinski definition) is 1. The number of ether oxygens (including phenoxy) is 1. The summed E-state index contributed by atoms with van der Waals surface area (Å²) in [6, 6.07) is 14.4. The lowest BCUT2D eigenvalue weighted by Gasteiger charge is -2.02. The molecule has 0 saturated heterocycles. The molecular weight excluding hydrogens is 430 g/mol. The van der Waals surface area contributed by atoms with Crippen molar-refractivity contribution < 1.29 is 18.9 Å². The van der Waals surface area contributed by atoms with E-state index in [1.165, 1.54) is 25.5 Å². The maximum atomic E-state index is 12.1. The number of hydrazone groups is 1. The Balaban J connectivity index is 1.69. The Morgan fingerprint density at radius 1 is 1.25 bits per heavy atom. The Bertz CT molecular complexity index is 1060. The molecule has 1 amide bonds. The fourth-order valence-electron chi connectivity index (χ4n) is 2.37. The molecule has 1 N–H and O–H groups in total. The average molecular weight is 444 g/mol. The van der Waals surface area contributed by atoms with Crippen molar-refractivity contribution in [3.63, 3.8) is 0 Å². The van der Waals surface area contributed by atoms with Crippen LogP contribution in [0.5, 0.6) is 5.75 Å². The number of amides is 1. The number of nitro benzene ring substituents is 1. The molecule has 0 saturated carbocycles. The van der Waals surface area contributed by atoms with Crippen LogP contribution in [-0.4, -0.2) is 24.2 Å². The average Bonchev–Trinajstić information content (AvgIpc) is 3.16. The summed E-state index contributed by atoms with van der Waals surface area (Å²) in [6.45, 7) is 0. The summed E-state index contributed by atoms with van der Waals surface area (Å²) in [6.07, 6.45) is 1.36. The van der Waals surface area contributed by atoms with E-state index in [0.717, 1.165) is 0 Å². The largest absolute Gasteiger partial charge is 0.497 e. The van der Waals surface area contributed by atoms with Gasteiger partial charge in [0.2, 0.25) is 0 Å². The van der Waals surface area contributed by atoms with Crippen molar-refractivity contribution in [3.05, 3.63) is 80.5 Å². The standard InChI is InChI=1S/C19H14BrN3O5/c1-27-14-4-2-3-12(9-14)19(24)22-21-11-15-6-8-18(28-15)16-7-5-13(23(25)26)10-17(16)20/h2-11H,1H3,(H,22,24)/b21-11+. The van der Waals surface area contributed by atoms with E-state index < -0.39 is 4.92 Å². The first-order chi connectivity index (χ1) is 13.5. The summed E-state index contributed by atoms with van der Waals surface area (Å²) >= 11 is 3.31. The maximum absolute atomic E-state index is 12.1. The van der Waals surface area contributed by atoms with Crippen molar-refractivity contribution in [2.45, 2.75) is 0 Å². The molecule has 3 rings (SSSR count). The summed E-state index contributed by atoms with van der Waals surface area (Å²) < 4.78 is 11.3. The molecule has 1 heterocycles. The second-order valence-corrected chi connectivity index (χ2v) is 6.41. The second kappa shape index (κ2) is 8.49. The van der Waals surface area contributed by atoms with Crippen molar-refractivity contribution in [2.75, 3.05) is 7.11 Å². The van der Waals surface area contributed by atoms with Gasteiger partial charge < -0.3 is 9.15 Å². The van der Waals surface area contributed by atoms with Gasteiger partial charge in [-0.15, -0.1) is 0 Å². The number of benzene rings is 2. The van der Waals surface area contributed by atoms with Crippen LogP contribution < -0.4 is 10.2 Å². The zero-order valence-corrected chi connectivity index (χ0v) is 16.2. The van der Waals surface area contributed by atoms with Gasteiger partial charge in [0, 0.05) is 27.7 Å². The van der Waals surface area contributed by atoms with Gasteiger partial charge in [-0.3, -0.25) is 14.9 Å². The Morgan fingerprint density at radius 2 is 2.07 bits per heavy atom. The van der Waals surface area contributed by atoms with Crippen molar-refractivity contribution in [3.8, 4) is 17.1 Å². The van der Waals surface area contributed by atoms with Gasteiger partial charge in [-0.25, -0.2) is 5.43 Å². The van der Waals surface area contributed by atoms with Crippen LogP contribution >= 0.6 is 15.9 Å². The molecule has 0 aliphatic carbocycles. The molecule has 142 valence electrons. The van der Waals surface area contributed by atoms with E-state index in [0.29, 0.717) is 32.9 Å². The molecule has 8 nitrogen and oxygen atoms in total. The Hall–Kier alpha value is -3.46. The lowest BCUT2D eigenvalue weighted by atomic mass is 10.1. The molecule has 0 aliphatic rings. The third-order valence-corrected chi connectivity index (χ3v) is 4.40. The quantitative estimate of drug-likeness (QED) is 0.345. The normalized spacial score (nSPS) is 10.8. The summed E-state index contributed by atoms with van der Waals surface area (Å²) in [4.78, 5) is 22.4. The summed E-state index contributed by atoms with van der Waals surface area (Å²) in [5.41, 5.74) is 3.45. The van der Waals surface area contributed by atoms with Crippen LogP contribution in [0.3, 0.4) is 0 Å². The molecule has 1 aromatic heterocycles. The van der Waals surface area contributed by atoms with E-state index in [2.05, 4.69) is 26.5 Å². The van der Waals surface area contributed by atoms with Gasteiger partial charge in [0.05, 0.1) is 18.2 Å². The lowest BCUT2D eigenvalue weighted by molar-refractivity contribution is -0.384. The van der Waals surface area contributed by atoms with Gasteiger partial charge in [-0.1, -0.05) is 6.07 Å². The van der Waals surface area contributed by atoms with Gasteiger partial charge in [0.25, 0.3) is 11.6 Å². The van der Waals surface area contributed by atoms with Crippen LogP contribution in [0.1, 0.15) is 16.1 Å². The van der Waals surface area contributed by atoms with E-state index in [-0.39, 0.29) is 11.6 Å². The number of nitro groups is 1. The zero-order chi connectivity index (χ0) is 20.1. The zero-order valence-electron chi connectivity index (χ0n) is 14.6. The maximum Gasteiger partial charge on any atom is 0.271 e.